The molecule has 2 N–H and O–H groups in total. The summed E-state index contributed by atoms with van der Waals surface area (Å²) in [5, 5.41) is 7.37. The molecule has 1 aromatic heterocycles. The molecule has 0 atom stereocenters. The highest BCUT2D eigenvalue weighted by molar-refractivity contribution is 6.30. The van der Waals surface area contributed by atoms with E-state index in [4.69, 9.17) is 16.6 Å². The molecule has 2 heterocycles. The van der Waals surface area contributed by atoms with Crippen molar-refractivity contribution in [2.24, 2.45) is 0 Å². The molecule has 37 heavy (non-hydrogen) atoms. The Hall–Kier alpha value is -3.83. The van der Waals surface area contributed by atoms with Crippen LogP contribution in [0, 0.1) is 6.92 Å². The van der Waals surface area contributed by atoms with Crippen LogP contribution in [0.15, 0.2) is 79.0 Å². The van der Waals surface area contributed by atoms with Crippen LogP contribution < -0.4 is 15.5 Å². The zero-order chi connectivity index (χ0) is 25.4. The number of anilines is 2. The Morgan fingerprint density at radius 3 is 2.54 bits per heavy atom. The smallest absolute Gasteiger partial charge is 0.251 e. The highest BCUT2D eigenvalue weighted by Crippen LogP contribution is 2.33. The molecule has 3 aromatic carbocycles. The van der Waals surface area contributed by atoms with Gasteiger partial charge in [0.15, 0.2) is 0 Å². The van der Waals surface area contributed by atoms with Crippen LogP contribution in [0.5, 0.6) is 0 Å². The third-order valence-electron chi connectivity index (χ3n) is 7.42. The number of fused-ring (bicyclic) bond motifs is 2. The van der Waals surface area contributed by atoms with Crippen LogP contribution in [0.1, 0.15) is 32.6 Å². The second-order valence-corrected chi connectivity index (χ2v) is 10.4. The van der Waals surface area contributed by atoms with Gasteiger partial charge in [-0.25, -0.2) is 4.98 Å². The summed E-state index contributed by atoms with van der Waals surface area (Å²) in [5.41, 5.74) is 8.90. The number of amides is 1. The fraction of sp³-hybridized carbons (Fsp3) is 0.226. The summed E-state index contributed by atoms with van der Waals surface area (Å²) in [6, 6.07) is 24.6. The van der Waals surface area contributed by atoms with E-state index in [1.807, 2.05) is 42.6 Å². The van der Waals surface area contributed by atoms with Crippen molar-refractivity contribution in [3.8, 4) is 11.1 Å². The summed E-state index contributed by atoms with van der Waals surface area (Å²) in [7, 11) is 0. The van der Waals surface area contributed by atoms with Gasteiger partial charge < -0.3 is 15.5 Å². The molecule has 2 aliphatic rings. The predicted molar refractivity (Wildman–Crippen MR) is 151 cm³/mol. The number of aromatic nitrogens is 1. The van der Waals surface area contributed by atoms with Gasteiger partial charge in [-0.2, -0.15) is 0 Å². The van der Waals surface area contributed by atoms with Crippen molar-refractivity contribution >= 4 is 29.0 Å². The first-order valence-electron chi connectivity index (χ1n) is 12.8. The highest BCUT2D eigenvalue weighted by atomic mass is 35.5. The van der Waals surface area contributed by atoms with E-state index in [0.717, 1.165) is 60.1 Å². The van der Waals surface area contributed by atoms with Crippen molar-refractivity contribution in [2.45, 2.75) is 32.4 Å². The van der Waals surface area contributed by atoms with Gasteiger partial charge in [-0.15, -0.1) is 0 Å². The van der Waals surface area contributed by atoms with Crippen molar-refractivity contribution in [3.63, 3.8) is 0 Å². The largest absolute Gasteiger partial charge is 0.367 e. The van der Waals surface area contributed by atoms with E-state index in [-0.39, 0.29) is 11.9 Å². The number of nitrogens with zero attached hydrogens (tertiary/aromatic N) is 2. The van der Waals surface area contributed by atoms with Gasteiger partial charge >= 0.3 is 0 Å². The number of nitrogens with one attached hydrogen (secondary N) is 2. The van der Waals surface area contributed by atoms with Crippen LogP contribution in [0.2, 0.25) is 5.02 Å². The minimum Gasteiger partial charge on any atom is -0.367 e. The minimum absolute atomic E-state index is 0.0276. The Kier molecular flexibility index (Phi) is 6.31. The maximum atomic E-state index is 12.9. The summed E-state index contributed by atoms with van der Waals surface area (Å²) < 4.78 is 0. The maximum absolute atomic E-state index is 12.9. The molecule has 186 valence electrons. The number of pyridine rings is 1. The Labute approximate surface area is 222 Å². The van der Waals surface area contributed by atoms with Gasteiger partial charge in [0.1, 0.15) is 5.82 Å². The first-order valence-corrected chi connectivity index (χ1v) is 13.1. The van der Waals surface area contributed by atoms with E-state index in [2.05, 4.69) is 58.9 Å². The summed E-state index contributed by atoms with van der Waals surface area (Å²) >= 11 is 6.27. The second kappa shape index (κ2) is 9.91. The van der Waals surface area contributed by atoms with Gasteiger partial charge in [0.2, 0.25) is 0 Å². The molecule has 0 unspecified atom stereocenters. The summed E-state index contributed by atoms with van der Waals surface area (Å²) in [5.74, 6) is 0.864. The highest BCUT2D eigenvalue weighted by Gasteiger charge is 2.23. The van der Waals surface area contributed by atoms with Crippen LogP contribution in [0.4, 0.5) is 11.5 Å². The van der Waals surface area contributed by atoms with E-state index in [9.17, 15) is 4.79 Å². The molecule has 0 radical (unpaired) electrons. The van der Waals surface area contributed by atoms with Crippen LogP contribution in [-0.2, 0) is 19.4 Å². The number of benzene rings is 3. The second-order valence-electron chi connectivity index (χ2n) is 9.94. The molecule has 0 fully saturated rings. The van der Waals surface area contributed by atoms with Gasteiger partial charge in [-0.1, -0.05) is 54.1 Å². The Balaban J connectivity index is 1.18. The molecular weight excluding hydrogens is 480 g/mol. The van der Waals surface area contributed by atoms with E-state index >= 15 is 0 Å². The molecule has 0 spiro atoms. The van der Waals surface area contributed by atoms with Crippen molar-refractivity contribution in [2.75, 3.05) is 23.3 Å². The predicted octanol–water partition coefficient (Wildman–Crippen LogP) is 6.04. The molecule has 6 rings (SSSR count). The molecule has 0 saturated heterocycles. The fourth-order valence-corrected chi connectivity index (χ4v) is 5.54. The number of hydrogen-bond donors (Lipinski definition) is 2. The van der Waals surface area contributed by atoms with Gasteiger partial charge in [0.05, 0.1) is 5.69 Å². The lowest BCUT2D eigenvalue weighted by molar-refractivity contribution is 0.0938. The van der Waals surface area contributed by atoms with Crippen LogP contribution in [-0.4, -0.2) is 30.0 Å². The van der Waals surface area contributed by atoms with Crippen LogP contribution >= 0.6 is 11.6 Å². The minimum atomic E-state index is -0.0276. The molecule has 6 heteroatoms. The number of halogens is 1. The molecule has 1 amide bonds. The quantitative estimate of drug-likeness (QED) is 0.345. The molecule has 1 aliphatic heterocycles. The van der Waals surface area contributed by atoms with Crippen LogP contribution in [0.3, 0.4) is 0 Å². The van der Waals surface area contributed by atoms with Gasteiger partial charge in [-0.05, 0) is 77.9 Å². The average molecular weight is 509 g/mol. The van der Waals surface area contributed by atoms with Crippen molar-refractivity contribution < 1.29 is 4.79 Å². The Morgan fingerprint density at radius 1 is 1.03 bits per heavy atom. The lowest BCUT2D eigenvalue weighted by Crippen LogP contribution is -2.35. The third-order valence-corrected chi connectivity index (χ3v) is 7.66. The zero-order valence-electron chi connectivity index (χ0n) is 20.8. The molecule has 0 bridgehead atoms. The van der Waals surface area contributed by atoms with Crippen molar-refractivity contribution in [1.82, 2.24) is 10.3 Å². The molecule has 1 aliphatic carbocycles. The standard InChI is InChI=1S/C31H29ClN4O/c1-20-6-11-27(32)14-26(20)19-36-13-12-33-30-29(36)17-25(18-34-30)21-7-9-22(10-8-21)31(37)35-28-15-23-4-2-3-5-24(23)16-28/h2-11,14,17-18,28H,12-13,15-16,19H2,1H3,(H,33,34)(H,35,37). The average Bonchev–Trinajstić information content (AvgIpc) is 3.33. The number of aryl methyl sites for hydroxylation is 1. The Morgan fingerprint density at radius 2 is 1.78 bits per heavy atom. The summed E-state index contributed by atoms with van der Waals surface area (Å²) in [6.07, 6.45) is 3.67. The lowest BCUT2D eigenvalue weighted by Gasteiger charge is -2.32. The first-order chi connectivity index (χ1) is 18.0. The van der Waals surface area contributed by atoms with E-state index in [1.54, 1.807) is 0 Å². The van der Waals surface area contributed by atoms with Gasteiger partial charge in [-0.3, -0.25) is 4.79 Å². The topological polar surface area (TPSA) is 57.3 Å². The summed E-state index contributed by atoms with van der Waals surface area (Å²) in [4.78, 5) is 20.0. The molecular formula is C31H29ClN4O. The molecule has 5 nitrogen and oxygen atoms in total. The maximum Gasteiger partial charge on any atom is 0.251 e. The Bertz CT molecular complexity index is 1440. The van der Waals surface area contributed by atoms with E-state index < -0.39 is 0 Å². The third kappa shape index (κ3) is 4.92. The fourth-order valence-electron chi connectivity index (χ4n) is 5.34. The molecule has 4 aromatic rings. The van der Waals surface area contributed by atoms with Crippen molar-refractivity contribution in [1.29, 1.82) is 0 Å². The first kappa shape index (κ1) is 23.6. The van der Waals surface area contributed by atoms with Crippen LogP contribution in [0.25, 0.3) is 11.1 Å². The zero-order valence-corrected chi connectivity index (χ0v) is 21.6. The summed E-state index contributed by atoms with van der Waals surface area (Å²) in [6.45, 7) is 4.62. The monoisotopic (exact) mass is 508 g/mol. The normalized spacial score (nSPS) is 14.6. The number of carbonyl (C=O) groups is 1. The number of carbonyl (C=O) groups excluding carboxylic acids is 1. The number of rotatable bonds is 5. The number of hydrogen-bond acceptors (Lipinski definition) is 4. The lowest BCUT2D eigenvalue weighted by atomic mass is 10.0. The van der Waals surface area contributed by atoms with Gasteiger partial charge in [0.25, 0.3) is 5.91 Å². The molecule has 0 saturated carbocycles. The van der Waals surface area contributed by atoms with E-state index in [1.165, 1.54) is 22.3 Å². The van der Waals surface area contributed by atoms with Gasteiger partial charge in [0, 0.05) is 48.0 Å². The van der Waals surface area contributed by atoms with E-state index in [0.29, 0.717) is 5.56 Å². The SMILES string of the molecule is Cc1ccc(Cl)cc1CN1CCNc2ncc(-c3ccc(C(=O)NC4Cc5ccccc5C4)cc3)cc21. The van der Waals surface area contributed by atoms with Crippen molar-refractivity contribution in [3.05, 3.63) is 112 Å².